The number of nitrogens with one attached hydrogen (secondary N) is 2. The lowest BCUT2D eigenvalue weighted by atomic mass is 10.1. The van der Waals surface area contributed by atoms with Gasteiger partial charge >= 0.3 is 0 Å². The monoisotopic (exact) mass is 478 g/mol. The third-order valence-corrected chi connectivity index (χ3v) is 4.68. The van der Waals surface area contributed by atoms with Crippen molar-refractivity contribution in [1.29, 1.82) is 0 Å². The zero-order valence-electron chi connectivity index (χ0n) is 15.7. The van der Waals surface area contributed by atoms with E-state index in [-0.39, 0.29) is 24.0 Å². The smallest absolute Gasteiger partial charge is 0.211 e. The second-order valence-electron chi connectivity index (χ2n) is 5.83. The number of rotatable bonds is 12. The van der Waals surface area contributed by atoms with E-state index in [0.29, 0.717) is 44.7 Å². The molecule has 0 spiro atoms. The Balaban J connectivity index is 0. The fraction of sp³-hybridized carbons (Fsp3) is 0.933. The maximum absolute atomic E-state index is 11.5. The maximum atomic E-state index is 11.5. The molecule has 0 saturated heterocycles. The van der Waals surface area contributed by atoms with E-state index in [4.69, 9.17) is 4.74 Å². The SMILES string of the molecule is CCN(CCCNC(=NC)NCCOCCC(C)C)S(C)(=O)=O.I. The first-order valence-corrected chi connectivity index (χ1v) is 10.1. The fourth-order valence-corrected chi connectivity index (χ4v) is 2.83. The van der Waals surface area contributed by atoms with Crippen molar-refractivity contribution in [3.63, 3.8) is 0 Å². The number of ether oxygens (including phenoxy) is 1. The Bertz CT molecular complexity index is 430. The van der Waals surface area contributed by atoms with E-state index in [0.717, 1.165) is 19.4 Å². The number of guanidine groups is 1. The standard InChI is InChI=1S/C15H34N4O3S.HI/c1-6-19(23(5,20)21)11-7-9-17-15(16-4)18-10-13-22-12-8-14(2)3;/h14H,6-13H2,1-5H3,(H2,16,17,18);1H. The summed E-state index contributed by atoms with van der Waals surface area (Å²) in [6, 6.07) is 0. The number of nitrogens with zero attached hydrogens (tertiary/aromatic N) is 2. The highest BCUT2D eigenvalue weighted by atomic mass is 127. The number of hydrogen-bond donors (Lipinski definition) is 2. The van der Waals surface area contributed by atoms with Crippen molar-refractivity contribution in [3.05, 3.63) is 0 Å². The third-order valence-electron chi connectivity index (χ3n) is 3.30. The van der Waals surface area contributed by atoms with Gasteiger partial charge in [-0.25, -0.2) is 12.7 Å². The first-order chi connectivity index (χ1) is 10.8. The van der Waals surface area contributed by atoms with Crippen molar-refractivity contribution >= 4 is 40.0 Å². The van der Waals surface area contributed by atoms with Gasteiger partial charge in [0.2, 0.25) is 10.0 Å². The second-order valence-corrected chi connectivity index (χ2v) is 7.81. The molecule has 0 atom stereocenters. The van der Waals surface area contributed by atoms with Crippen LogP contribution in [0.4, 0.5) is 0 Å². The Morgan fingerprint density at radius 1 is 1.21 bits per heavy atom. The predicted octanol–water partition coefficient (Wildman–Crippen LogP) is 1.50. The number of hydrogen-bond acceptors (Lipinski definition) is 4. The van der Waals surface area contributed by atoms with Gasteiger partial charge in [0, 0.05) is 39.8 Å². The zero-order chi connectivity index (χ0) is 17.7. The van der Waals surface area contributed by atoms with E-state index in [9.17, 15) is 8.42 Å². The predicted molar refractivity (Wildman–Crippen MR) is 112 cm³/mol. The molecule has 0 aliphatic rings. The molecule has 0 saturated carbocycles. The van der Waals surface area contributed by atoms with Gasteiger partial charge in [0.25, 0.3) is 0 Å². The summed E-state index contributed by atoms with van der Waals surface area (Å²) in [6.07, 6.45) is 3.04. The van der Waals surface area contributed by atoms with Gasteiger partial charge < -0.3 is 15.4 Å². The molecule has 0 rings (SSSR count). The molecule has 0 fully saturated rings. The summed E-state index contributed by atoms with van der Waals surface area (Å²) < 4.78 is 29.9. The van der Waals surface area contributed by atoms with Gasteiger partial charge in [0.05, 0.1) is 12.9 Å². The summed E-state index contributed by atoms with van der Waals surface area (Å²) in [7, 11) is -1.40. The third kappa shape index (κ3) is 14.2. The van der Waals surface area contributed by atoms with E-state index in [2.05, 4.69) is 29.5 Å². The van der Waals surface area contributed by atoms with Gasteiger partial charge in [-0.15, -0.1) is 24.0 Å². The number of aliphatic imine (C=N–C) groups is 1. The highest BCUT2D eigenvalue weighted by Crippen LogP contribution is 1.99. The molecule has 0 aliphatic carbocycles. The summed E-state index contributed by atoms with van der Waals surface area (Å²) in [6.45, 7) is 10.00. The van der Waals surface area contributed by atoms with Crippen LogP contribution in [-0.2, 0) is 14.8 Å². The normalized spacial score (nSPS) is 12.4. The molecule has 24 heavy (non-hydrogen) atoms. The molecule has 0 amide bonds. The van der Waals surface area contributed by atoms with Crippen molar-refractivity contribution in [2.45, 2.75) is 33.6 Å². The lowest BCUT2D eigenvalue weighted by Gasteiger charge is -2.18. The van der Waals surface area contributed by atoms with Crippen LogP contribution in [0.25, 0.3) is 0 Å². The van der Waals surface area contributed by atoms with Crippen LogP contribution in [0.3, 0.4) is 0 Å². The Morgan fingerprint density at radius 2 is 1.83 bits per heavy atom. The molecule has 0 aromatic carbocycles. The van der Waals surface area contributed by atoms with Crippen molar-refractivity contribution in [3.8, 4) is 0 Å². The second kappa shape index (κ2) is 15.2. The quantitative estimate of drug-likeness (QED) is 0.192. The topological polar surface area (TPSA) is 83.0 Å². The molecular formula is C15H35IN4O3S. The average molecular weight is 478 g/mol. The molecular weight excluding hydrogens is 443 g/mol. The van der Waals surface area contributed by atoms with Crippen LogP contribution in [0, 0.1) is 5.92 Å². The molecule has 0 bridgehead atoms. The Labute approximate surface area is 165 Å². The van der Waals surface area contributed by atoms with Crippen molar-refractivity contribution in [2.75, 3.05) is 52.7 Å². The molecule has 0 unspecified atom stereocenters. The van der Waals surface area contributed by atoms with Crippen LogP contribution in [-0.4, -0.2) is 71.4 Å². The lowest BCUT2D eigenvalue weighted by molar-refractivity contribution is 0.128. The Kier molecular flexibility index (Phi) is 16.5. The van der Waals surface area contributed by atoms with Gasteiger partial charge in [0.15, 0.2) is 5.96 Å². The van der Waals surface area contributed by atoms with E-state index in [1.165, 1.54) is 10.6 Å². The van der Waals surface area contributed by atoms with E-state index in [1.807, 2.05) is 6.92 Å². The van der Waals surface area contributed by atoms with Gasteiger partial charge in [-0.1, -0.05) is 20.8 Å². The molecule has 0 aromatic rings. The molecule has 2 N–H and O–H groups in total. The van der Waals surface area contributed by atoms with Crippen molar-refractivity contribution in [1.82, 2.24) is 14.9 Å². The van der Waals surface area contributed by atoms with E-state index < -0.39 is 10.0 Å². The highest BCUT2D eigenvalue weighted by molar-refractivity contribution is 14.0. The highest BCUT2D eigenvalue weighted by Gasteiger charge is 2.13. The number of sulfonamides is 1. The summed E-state index contributed by atoms with van der Waals surface area (Å²) in [4.78, 5) is 4.13. The molecule has 0 radical (unpaired) electrons. The minimum Gasteiger partial charge on any atom is -0.380 e. The molecule has 0 aliphatic heterocycles. The average Bonchev–Trinajstić information content (AvgIpc) is 2.46. The van der Waals surface area contributed by atoms with Gasteiger partial charge in [-0.05, 0) is 18.8 Å². The Morgan fingerprint density at radius 3 is 2.33 bits per heavy atom. The van der Waals surface area contributed by atoms with Gasteiger partial charge in [-0.2, -0.15) is 0 Å². The molecule has 146 valence electrons. The van der Waals surface area contributed by atoms with Crippen LogP contribution in [0.5, 0.6) is 0 Å². The summed E-state index contributed by atoms with van der Waals surface area (Å²) in [5.41, 5.74) is 0. The van der Waals surface area contributed by atoms with Crippen molar-refractivity contribution in [2.24, 2.45) is 10.9 Å². The van der Waals surface area contributed by atoms with Gasteiger partial charge in [-0.3, -0.25) is 4.99 Å². The van der Waals surface area contributed by atoms with Crippen LogP contribution >= 0.6 is 24.0 Å². The first-order valence-electron chi connectivity index (χ1n) is 8.28. The van der Waals surface area contributed by atoms with Crippen LogP contribution in [0.2, 0.25) is 0 Å². The molecule has 9 heteroatoms. The first kappa shape index (κ1) is 26.1. The molecule has 0 aromatic heterocycles. The molecule has 0 heterocycles. The van der Waals surface area contributed by atoms with E-state index >= 15 is 0 Å². The van der Waals surface area contributed by atoms with Crippen LogP contribution < -0.4 is 10.6 Å². The maximum Gasteiger partial charge on any atom is 0.211 e. The minimum atomic E-state index is -3.11. The van der Waals surface area contributed by atoms with Crippen LogP contribution in [0.1, 0.15) is 33.6 Å². The summed E-state index contributed by atoms with van der Waals surface area (Å²) in [5, 5.41) is 6.34. The lowest BCUT2D eigenvalue weighted by Crippen LogP contribution is -2.40. The zero-order valence-corrected chi connectivity index (χ0v) is 18.8. The van der Waals surface area contributed by atoms with Crippen molar-refractivity contribution < 1.29 is 13.2 Å². The largest absolute Gasteiger partial charge is 0.380 e. The molecule has 7 nitrogen and oxygen atoms in total. The summed E-state index contributed by atoms with van der Waals surface area (Å²) in [5.74, 6) is 1.37. The number of halogens is 1. The summed E-state index contributed by atoms with van der Waals surface area (Å²) >= 11 is 0. The minimum absolute atomic E-state index is 0. The van der Waals surface area contributed by atoms with Gasteiger partial charge in [0.1, 0.15) is 0 Å². The van der Waals surface area contributed by atoms with Crippen LogP contribution in [0.15, 0.2) is 4.99 Å². The fourth-order valence-electron chi connectivity index (χ4n) is 1.90. The van der Waals surface area contributed by atoms with E-state index in [1.54, 1.807) is 7.05 Å². The Hall–Kier alpha value is -0.130.